The van der Waals surface area contributed by atoms with Gasteiger partial charge < -0.3 is 4.74 Å². The number of nitrogens with zero attached hydrogens (tertiary/aromatic N) is 1. The first-order valence-corrected chi connectivity index (χ1v) is 4.09. The van der Waals surface area contributed by atoms with Gasteiger partial charge in [-0.2, -0.15) is 0 Å². The summed E-state index contributed by atoms with van der Waals surface area (Å²) in [6.07, 6.45) is 8.94. The predicted octanol–water partition coefficient (Wildman–Crippen LogP) is 2.21. The molecule has 0 saturated carbocycles. The number of rotatable bonds is 0. The number of fused-ring (bicyclic) bond motifs is 1. The molecule has 2 nitrogen and oxygen atoms in total. The van der Waals surface area contributed by atoms with E-state index in [1.165, 1.54) is 5.57 Å². The summed E-state index contributed by atoms with van der Waals surface area (Å²) in [7, 11) is 0. The Bertz CT molecular complexity index is 308. The fourth-order valence-electron chi connectivity index (χ4n) is 1.23. The Morgan fingerprint density at radius 3 is 3.25 bits per heavy atom. The summed E-state index contributed by atoms with van der Waals surface area (Å²) in [6.45, 7) is 2.70. The van der Waals surface area contributed by atoms with Gasteiger partial charge >= 0.3 is 0 Å². The van der Waals surface area contributed by atoms with Crippen LogP contribution in [0, 0.1) is 0 Å². The van der Waals surface area contributed by atoms with Gasteiger partial charge in [-0.3, -0.25) is 4.99 Å². The molecule has 0 bridgehead atoms. The van der Waals surface area contributed by atoms with Crippen LogP contribution in [0.5, 0.6) is 0 Å². The standard InChI is InChI=1S/C10H11NO/c1-8-2-4-9-10(5-3-8)12-7-6-11-9/h3-6H,2,7H2,1H3. The molecule has 62 valence electrons. The van der Waals surface area contributed by atoms with Gasteiger partial charge in [0.2, 0.25) is 0 Å². The van der Waals surface area contributed by atoms with Crippen LogP contribution in [0.3, 0.4) is 0 Å². The van der Waals surface area contributed by atoms with Crippen molar-refractivity contribution in [2.24, 2.45) is 4.99 Å². The number of hydrogen-bond acceptors (Lipinski definition) is 2. The maximum Gasteiger partial charge on any atom is 0.145 e. The highest BCUT2D eigenvalue weighted by Crippen LogP contribution is 2.21. The normalized spacial score (nSPS) is 21.2. The van der Waals surface area contributed by atoms with E-state index in [2.05, 4.69) is 24.1 Å². The molecule has 0 unspecified atom stereocenters. The average Bonchev–Trinajstić information content (AvgIpc) is 2.29. The molecular formula is C10H11NO. The highest BCUT2D eigenvalue weighted by molar-refractivity contribution is 5.64. The lowest BCUT2D eigenvalue weighted by molar-refractivity contribution is 0.264. The van der Waals surface area contributed by atoms with Crippen molar-refractivity contribution >= 4 is 6.21 Å². The molecule has 0 saturated heterocycles. The summed E-state index contributed by atoms with van der Waals surface area (Å²) >= 11 is 0. The lowest BCUT2D eigenvalue weighted by Crippen LogP contribution is -2.04. The molecule has 0 amide bonds. The monoisotopic (exact) mass is 161 g/mol. The second kappa shape index (κ2) is 2.97. The third-order valence-electron chi connectivity index (χ3n) is 1.93. The molecule has 0 aromatic heterocycles. The van der Waals surface area contributed by atoms with Crippen molar-refractivity contribution in [3.8, 4) is 0 Å². The largest absolute Gasteiger partial charge is 0.486 e. The van der Waals surface area contributed by atoms with Gasteiger partial charge in [-0.25, -0.2) is 0 Å². The summed E-state index contributed by atoms with van der Waals surface area (Å²) in [6, 6.07) is 0. The van der Waals surface area contributed by atoms with Gasteiger partial charge in [0.1, 0.15) is 18.1 Å². The summed E-state index contributed by atoms with van der Waals surface area (Å²) in [5.74, 6) is 0.898. The fraction of sp³-hybridized carbons (Fsp3) is 0.300. The van der Waals surface area contributed by atoms with Crippen molar-refractivity contribution in [2.75, 3.05) is 6.61 Å². The first-order chi connectivity index (χ1) is 5.86. The highest BCUT2D eigenvalue weighted by Gasteiger charge is 2.09. The molecule has 1 aliphatic heterocycles. The average molecular weight is 161 g/mol. The first kappa shape index (κ1) is 7.35. The molecule has 0 spiro atoms. The molecular weight excluding hydrogens is 150 g/mol. The van der Waals surface area contributed by atoms with E-state index < -0.39 is 0 Å². The van der Waals surface area contributed by atoms with E-state index in [1.807, 2.05) is 6.08 Å². The van der Waals surface area contributed by atoms with Crippen LogP contribution in [-0.4, -0.2) is 12.8 Å². The Morgan fingerprint density at radius 2 is 2.33 bits per heavy atom. The maximum absolute atomic E-state index is 5.41. The van der Waals surface area contributed by atoms with E-state index in [0.29, 0.717) is 6.61 Å². The quantitative estimate of drug-likeness (QED) is 0.533. The Hall–Kier alpha value is -1.31. The van der Waals surface area contributed by atoms with E-state index in [1.54, 1.807) is 6.21 Å². The van der Waals surface area contributed by atoms with Crippen LogP contribution in [0.2, 0.25) is 0 Å². The van der Waals surface area contributed by atoms with Crippen LogP contribution in [0.1, 0.15) is 13.3 Å². The predicted molar refractivity (Wildman–Crippen MR) is 49.0 cm³/mol. The molecule has 1 heterocycles. The SMILES string of the molecule is CC1=CC=C2OCC=NC2=CC1. The van der Waals surface area contributed by atoms with E-state index in [0.717, 1.165) is 17.9 Å². The van der Waals surface area contributed by atoms with Gasteiger partial charge in [0.25, 0.3) is 0 Å². The second-order valence-electron chi connectivity index (χ2n) is 2.96. The molecule has 0 radical (unpaired) electrons. The molecule has 12 heavy (non-hydrogen) atoms. The van der Waals surface area contributed by atoms with E-state index in [-0.39, 0.29) is 0 Å². The number of hydrogen-bond donors (Lipinski definition) is 0. The van der Waals surface area contributed by atoms with Gasteiger partial charge in [0.15, 0.2) is 0 Å². The number of aliphatic imine (C=N–C) groups is 1. The Balaban J connectivity index is 2.37. The van der Waals surface area contributed by atoms with Crippen molar-refractivity contribution in [1.82, 2.24) is 0 Å². The summed E-state index contributed by atoms with van der Waals surface area (Å²) in [5.41, 5.74) is 2.30. The van der Waals surface area contributed by atoms with Gasteiger partial charge in [-0.05, 0) is 19.4 Å². The second-order valence-corrected chi connectivity index (χ2v) is 2.96. The van der Waals surface area contributed by atoms with Gasteiger partial charge in [0, 0.05) is 6.21 Å². The molecule has 0 N–H and O–H groups in total. The molecule has 2 rings (SSSR count). The Kier molecular flexibility index (Phi) is 1.82. The fourth-order valence-corrected chi connectivity index (χ4v) is 1.23. The zero-order valence-electron chi connectivity index (χ0n) is 7.08. The van der Waals surface area contributed by atoms with Crippen molar-refractivity contribution in [1.29, 1.82) is 0 Å². The minimum atomic E-state index is 0.593. The lowest BCUT2D eigenvalue weighted by atomic mass is 10.2. The van der Waals surface area contributed by atoms with Crippen molar-refractivity contribution in [3.63, 3.8) is 0 Å². The molecule has 0 atom stereocenters. The molecule has 2 heteroatoms. The lowest BCUT2D eigenvalue weighted by Gasteiger charge is -2.11. The highest BCUT2D eigenvalue weighted by atomic mass is 16.5. The van der Waals surface area contributed by atoms with Gasteiger partial charge in [0.05, 0.1) is 0 Å². The Labute approximate surface area is 72.0 Å². The van der Waals surface area contributed by atoms with Crippen LogP contribution in [0.15, 0.2) is 40.2 Å². The minimum absolute atomic E-state index is 0.593. The van der Waals surface area contributed by atoms with Crippen molar-refractivity contribution < 1.29 is 4.74 Å². The molecule has 0 fully saturated rings. The zero-order chi connectivity index (χ0) is 8.39. The van der Waals surface area contributed by atoms with Gasteiger partial charge in [-0.1, -0.05) is 17.7 Å². The van der Waals surface area contributed by atoms with E-state index in [9.17, 15) is 0 Å². The summed E-state index contributed by atoms with van der Waals surface area (Å²) in [5, 5.41) is 0. The Morgan fingerprint density at radius 1 is 1.42 bits per heavy atom. The summed E-state index contributed by atoms with van der Waals surface area (Å²) in [4.78, 5) is 4.26. The van der Waals surface area contributed by atoms with Crippen LogP contribution >= 0.6 is 0 Å². The van der Waals surface area contributed by atoms with Crippen LogP contribution in [0.25, 0.3) is 0 Å². The minimum Gasteiger partial charge on any atom is -0.486 e. The molecule has 1 aliphatic carbocycles. The van der Waals surface area contributed by atoms with Crippen LogP contribution in [-0.2, 0) is 4.74 Å². The smallest absolute Gasteiger partial charge is 0.145 e. The third-order valence-corrected chi connectivity index (χ3v) is 1.93. The van der Waals surface area contributed by atoms with Crippen LogP contribution < -0.4 is 0 Å². The van der Waals surface area contributed by atoms with Crippen molar-refractivity contribution in [3.05, 3.63) is 35.3 Å². The van der Waals surface area contributed by atoms with Crippen LogP contribution in [0.4, 0.5) is 0 Å². The summed E-state index contributed by atoms with van der Waals surface area (Å²) < 4.78 is 5.41. The first-order valence-electron chi connectivity index (χ1n) is 4.09. The van der Waals surface area contributed by atoms with Gasteiger partial charge in [-0.15, -0.1) is 0 Å². The number of ether oxygens (including phenoxy) is 1. The van der Waals surface area contributed by atoms with E-state index >= 15 is 0 Å². The van der Waals surface area contributed by atoms with Crippen molar-refractivity contribution in [2.45, 2.75) is 13.3 Å². The zero-order valence-corrected chi connectivity index (χ0v) is 7.08. The molecule has 0 aromatic carbocycles. The van der Waals surface area contributed by atoms with E-state index in [4.69, 9.17) is 4.74 Å². The number of allylic oxidation sites excluding steroid dienone is 4. The molecule has 0 aromatic rings. The molecule has 2 aliphatic rings. The third kappa shape index (κ3) is 1.33. The maximum atomic E-state index is 5.41. The topological polar surface area (TPSA) is 21.6 Å².